The molecule has 3 aromatic rings. The van der Waals surface area contributed by atoms with Crippen LogP contribution >= 0.6 is 0 Å². The zero-order valence-electron chi connectivity index (χ0n) is 14.0. The van der Waals surface area contributed by atoms with Crippen LogP contribution in [-0.4, -0.2) is 20.9 Å². The number of pyridine rings is 1. The lowest BCUT2D eigenvalue weighted by atomic mass is 10.2. The maximum absolute atomic E-state index is 12.2. The molecule has 0 radical (unpaired) electrons. The van der Waals surface area contributed by atoms with Crippen LogP contribution in [0.5, 0.6) is 0 Å². The molecule has 0 saturated carbocycles. The molecule has 0 aliphatic rings. The number of benzene rings is 1. The average molecular weight is 332 g/mol. The molecule has 5 heteroatoms. The monoisotopic (exact) mass is 332 g/mol. The normalized spacial score (nSPS) is 12.2. The third-order valence-electron chi connectivity index (χ3n) is 3.85. The van der Waals surface area contributed by atoms with Gasteiger partial charge in [0.05, 0.1) is 17.9 Å². The molecule has 3 rings (SSSR count). The topological polar surface area (TPSA) is 70.7 Å². The molecule has 0 fully saturated rings. The highest BCUT2D eigenvalue weighted by Crippen LogP contribution is 2.20. The molecule has 5 nitrogen and oxygen atoms in total. The van der Waals surface area contributed by atoms with Gasteiger partial charge in [-0.2, -0.15) is 0 Å². The lowest BCUT2D eigenvalue weighted by molar-refractivity contribution is -0.117. The first kappa shape index (κ1) is 16.6. The van der Waals surface area contributed by atoms with Gasteiger partial charge in [0.15, 0.2) is 0 Å². The molecular weight excluding hydrogens is 312 g/mol. The van der Waals surface area contributed by atoms with Crippen molar-refractivity contribution in [2.24, 2.45) is 0 Å². The third kappa shape index (κ3) is 4.41. The largest absolute Gasteiger partial charge is 0.343 e. The first-order chi connectivity index (χ1) is 12.3. The van der Waals surface area contributed by atoms with Gasteiger partial charge in [0.1, 0.15) is 5.82 Å². The summed E-state index contributed by atoms with van der Waals surface area (Å²) in [6, 6.07) is 13.6. The van der Waals surface area contributed by atoms with Gasteiger partial charge in [0.25, 0.3) is 0 Å². The van der Waals surface area contributed by atoms with E-state index in [1.54, 1.807) is 24.7 Å². The van der Waals surface area contributed by atoms with Crippen molar-refractivity contribution in [2.45, 2.75) is 19.4 Å². The highest BCUT2D eigenvalue weighted by molar-refractivity contribution is 5.91. The number of amides is 1. The average Bonchev–Trinajstić information content (AvgIpc) is 3.16. The summed E-state index contributed by atoms with van der Waals surface area (Å²) in [5.41, 5.74) is 2.89. The summed E-state index contributed by atoms with van der Waals surface area (Å²) in [5.74, 6) is 0.595. The maximum atomic E-state index is 12.2. The molecule has 1 aromatic carbocycles. The number of aromatic amines is 1. The Hall–Kier alpha value is -3.21. The molecular formula is C20H20N4O. The summed E-state index contributed by atoms with van der Waals surface area (Å²) in [5, 5.41) is 2.98. The minimum absolute atomic E-state index is 0.159. The van der Waals surface area contributed by atoms with E-state index in [1.165, 1.54) is 6.08 Å². The first-order valence-corrected chi connectivity index (χ1v) is 8.25. The molecule has 0 spiro atoms. The lowest BCUT2D eigenvalue weighted by Crippen LogP contribution is -2.27. The molecule has 2 aromatic heterocycles. The Balaban J connectivity index is 1.67. The Kier molecular flexibility index (Phi) is 5.36. The van der Waals surface area contributed by atoms with E-state index >= 15 is 0 Å². The number of rotatable bonds is 6. The van der Waals surface area contributed by atoms with Crippen molar-refractivity contribution in [3.05, 3.63) is 78.5 Å². The molecule has 1 atom stereocenters. The third-order valence-corrected chi connectivity index (χ3v) is 3.85. The van der Waals surface area contributed by atoms with E-state index in [0.717, 1.165) is 29.1 Å². The summed E-state index contributed by atoms with van der Waals surface area (Å²) in [6.07, 6.45) is 9.21. The van der Waals surface area contributed by atoms with E-state index in [-0.39, 0.29) is 11.9 Å². The van der Waals surface area contributed by atoms with Gasteiger partial charge in [0, 0.05) is 18.5 Å². The van der Waals surface area contributed by atoms with Crippen molar-refractivity contribution in [1.29, 1.82) is 0 Å². The van der Waals surface area contributed by atoms with Crippen LogP contribution in [0.1, 0.15) is 30.8 Å². The van der Waals surface area contributed by atoms with Crippen molar-refractivity contribution >= 4 is 12.0 Å². The summed E-state index contributed by atoms with van der Waals surface area (Å²) in [4.78, 5) is 23.9. The van der Waals surface area contributed by atoms with E-state index in [4.69, 9.17) is 0 Å². The smallest absolute Gasteiger partial charge is 0.244 e. The molecule has 1 amide bonds. The Morgan fingerprint density at radius 1 is 1.20 bits per heavy atom. The van der Waals surface area contributed by atoms with Crippen LogP contribution in [-0.2, 0) is 4.79 Å². The summed E-state index contributed by atoms with van der Waals surface area (Å²) in [6.45, 7) is 2.01. The van der Waals surface area contributed by atoms with Crippen molar-refractivity contribution in [3.63, 3.8) is 0 Å². The highest BCUT2D eigenvalue weighted by Gasteiger charge is 2.15. The number of nitrogens with one attached hydrogen (secondary N) is 2. The first-order valence-electron chi connectivity index (χ1n) is 8.25. The highest BCUT2D eigenvalue weighted by atomic mass is 16.1. The van der Waals surface area contributed by atoms with Crippen LogP contribution in [0.2, 0.25) is 0 Å². The van der Waals surface area contributed by atoms with Gasteiger partial charge >= 0.3 is 0 Å². The number of aromatic nitrogens is 3. The van der Waals surface area contributed by atoms with Gasteiger partial charge in [-0.1, -0.05) is 43.3 Å². The van der Waals surface area contributed by atoms with E-state index < -0.39 is 0 Å². The molecule has 2 N–H and O–H groups in total. The summed E-state index contributed by atoms with van der Waals surface area (Å²) in [7, 11) is 0. The van der Waals surface area contributed by atoms with Crippen LogP contribution in [0.15, 0.2) is 67.1 Å². The van der Waals surface area contributed by atoms with Crippen molar-refractivity contribution in [3.8, 4) is 11.3 Å². The van der Waals surface area contributed by atoms with Crippen LogP contribution < -0.4 is 5.32 Å². The fraction of sp³-hybridized carbons (Fsp3) is 0.150. The van der Waals surface area contributed by atoms with Crippen molar-refractivity contribution in [1.82, 2.24) is 20.3 Å². The predicted molar refractivity (Wildman–Crippen MR) is 98.5 cm³/mol. The van der Waals surface area contributed by atoms with Crippen molar-refractivity contribution < 1.29 is 4.79 Å². The molecule has 0 saturated heterocycles. The van der Waals surface area contributed by atoms with Gasteiger partial charge < -0.3 is 10.3 Å². The van der Waals surface area contributed by atoms with E-state index in [0.29, 0.717) is 0 Å². The number of hydrogen-bond acceptors (Lipinski definition) is 3. The summed E-state index contributed by atoms with van der Waals surface area (Å²) >= 11 is 0. The minimum Gasteiger partial charge on any atom is -0.343 e. The van der Waals surface area contributed by atoms with Crippen LogP contribution in [0.25, 0.3) is 17.3 Å². The summed E-state index contributed by atoms with van der Waals surface area (Å²) < 4.78 is 0. The molecule has 25 heavy (non-hydrogen) atoms. The van der Waals surface area contributed by atoms with Gasteiger partial charge in [-0.3, -0.25) is 9.78 Å². The second-order valence-electron chi connectivity index (χ2n) is 5.64. The Labute approximate surface area is 146 Å². The molecule has 126 valence electrons. The molecule has 0 unspecified atom stereocenters. The Bertz CT molecular complexity index is 840. The molecule has 2 heterocycles. The van der Waals surface area contributed by atoms with E-state index in [1.807, 2.05) is 49.4 Å². The van der Waals surface area contributed by atoms with Gasteiger partial charge in [-0.25, -0.2) is 4.98 Å². The van der Waals surface area contributed by atoms with Crippen LogP contribution in [0.4, 0.5) is 0 Å². The molecule has 0 aliphatic carbocycles. The molecule has 0 aliphatic heterocycles. The zero-order chi connectivity index (χ0) is 17.5. The second-order valence-corrected chi connectivity index (χ2v) is 5.64. The zero-order valence-corrected chi connectivity index (χ0v) is 14.0. The van der Waals surface area contributed by atoms with E-state index in [9.17, 15) is 4.79 Å². The van der Waals surface area contributed by atoms with Gasteiger partial charge in [-0.15, -0.1) is 0 Å². The quantitative estimate of drug-likeness (QED) is 0.675. The number of imidazole rings is 1. The van der Waals surface area contributed by atoms with E-state index in [2.05, 4.69) is 20.3 Å². The fourth-order valence-corrected chi connectivity index (χ4v) is 2.51. The van der Waals surface area contributed by atoms with Crippen molar-refractivity contribution in [2.75, 3.05) is 0 Å². The number of hydrogen-bond donors (Lipinski definition) is 2. The number of carbonyl (C=O) groups is 1. The standard InChI is InChI=1S/C20H20N4O/c1-2-17(23-19(25)11-10-15-7-6-12-21-13-15)20-22-14-18(24-20)16-8-4-3-5-9-16/h3-14,17H,2H2,1H3,(H,22,24)(H,23,25)/b11-10+/t17-/m0/s1. The fourth-order valence-electron chi connectivity index (χ4n) is 2.51. The Morgan fingerprint density at radius 3 is 2.76 bits per heavy atom. The minimum atomic E-state index is -0.163. The molecule has 0 bridgehead atoms. The van der Waals surface area contributed by atoms with Crippen LogP contribution in [0, 0.1) is 0 Å². The lowest BCUT2D eigenvalue weighted by Gasteiger charge is -2.13. The SMILES string of the molecule is CC[C@H](NC(=O)/C=C/c1cccnc1)c1ncc(-c2ccccc2)[nH]1. The van der Waals surface area contributed by atoms with Gasteiger partial charge in [0.2, 0.25) is 5.91 Å². The van der Waals surface area contributed by atoms with Crippen LogP contribution in [0.3, 0.4) is 0 Å². The number of nitrogens with zero attached hydrogens (tertiary/aromatic N) is 2. The maximum Gasteiger partial charge on any atom is 0.244 e. The number of carbonyl (C=O) groups excluding carboxylic acids is 1. The second kappa shape index (κ2) is 8.06. The predicted octanol–water partition coefficient (Wildman–Crippen LogP) is 3.75. The Morgan fingerprint density at radius 2 is 2.04 bits per heavy atom. The number of H-pyrrole nitrogens is 1. The van der Waals surface area contributed by atoms with Gasteiger partial charge in [-0.05, 0) is 29.7 Å².